The summed E-state index contributed by atoms with van der Waals surface area (Å²) in [6.07, 6.45) is 2.70. The number of nitrogens with zero attached hydrogens (tertiary/aromatic N) is 1. The second kappa shape index (κ2) is 11.8. The standard InChI is InChI=1S/C31H36N4O3/c1-2-33-29(36)26-9-10-27-20-35(16-13-25(27)19-26)31(38)28(34-30(37)23-11-14-32-15-12-23)18-21-7-8-22-5-3-4-6-24(22)17-21/h3-10,17,19,23,28,32H,2,11-16,18,20H2,1H3,(H,33,36)(H,34,37)/t28-/m1/s1. The topological polar surface area (TPSA) is 90.5 Å². The number of hydrogen-bond donors (Lipinski definition) is 3. The van der Waals surface area contributed by atoms with Gasteiger partial charge in [-0.25, -0.2) is 0 Å². The fourth-order valence-corrected chi connectivity index (χ4v) is 5.54. The predicted molar refractivity (Wildman–Crippen MR) is 149 cm³/mol. The number of nitrogens with one attached hydrogen (secondary N) is 3. The number of rotatable bonds is 7. The summed E-state index contributed by atoms with van der Waals surface area (Å²) < 4.78 is 0. The number of carbonyl (C=O) groups excluding carboxylic acids is 3. The Kier molecular flexibility index (Phi) is 8.03. The maximum absolute atomic E-state index is 13.9. The van der Waals surface area contributed by atoms with E-state index in [-0.39, 0.29) is 23.6 Å². The summed E-state index contributed by atoms with van der Waals surface area (Å²) in [5, 5.41) is 11.5. The molecule has 0 saturated carbocycles. The normalized spacial score (nSPS) is 16.5. The highest BCUT2D eigenvalue weighted by Crippen LogP contribution is 2.23. The Morgan fingerprint density at radius 2 is 1.76 bits per heavy atom. The van der Waals surface area contributed by atoms with Gasteiger partial charge in [0.1, 0.15) is 6.04 Å². The molecule has 0 unspecified atom stereocenters. The van der Waals surface area contributed by atoms with E-state index < -0.39 is 6.04 Å². The molecule has 198 valence electrons. The summed E-state index contributed by atoms with van der Waals surface area (Å²) in [5.74, 6) is -0.240. The number of fused-ring (bicyclic) bond motifs is 2. The van der Waals surface area contributed by atoms with Gasteiger partial charge in [-0.1, -0.05) is 48.5 Å². The molecule has 7 nitrogen and oxygen atoms in total. The second-order valence-electron chi connectivity index (χ2n) is 10.3. The van der Waals surface area contributed by atoms with Crippen molar-refractivity contribution in [2.45, 2.75) is 45.2 Å². The van der Waals surface area contributed by atoms with Crippen LogP contribution in [0.5, 0.6) is 0 Å². The summed E-state index contributed by atoms with van der Waals surface area (Å²) in [4.78, 5) is 41.2. The molecule has 0 radical (unpaired) electrons. The minimum atomic E-state index is -0.630. The molecule has 2 aliphatic heterocycles. The van der Waals surface area contributed by atoms with Gasteiger partial charge in [-0.05, 0) is 78.9 Å². The summed E-state index contributed by atoms with van der Waals surface area (Å²) in [6, 6.07) is 19.5. The molecule has 3 amide bonds. The van der Waals surface area contributed by atoms with Gasteiger partial charge in [0.15, 0.2) is 0 Å². The minimum absolute atomic E-state index is 0.0328. The Morgan fingerprint density at radius 1 is 0.974 bits per heavy atom. The third kappa shape index (κ3) is 5.89. The zero-order valence-corrected chi connectivity index (χ0v) is 22.0. The third-order valence-corrected chi connectivity index (χ3v) is 7.71. The van der Waals surface area contributed by atoms with Crippen LogP contribution in [0, 0.1) is 5.92 Å². The van der Waals surface area contributed by atoms with Crippen molar-refractivity contribution >= 4 is 28.5 Å². The summed E-state index contributed by atoms with van der Waals surface area (Å²) in [6.45, 7) is 5.16. The lowest BCUT2D eigenvalue weighted by molar-refractivity contribution is -0.138. The number of amides is 3. The average Bonchev–Trinajstić information content (AvgIpc) is 2.96. The molecule has 1 saturated heterocycles. The first kappa shape index (κ1) is 25.9. The van der Waals surface area contributed by atoms with Gasteiger partial charge >= 0.3 is 0 Å². The van der Waals surface area contributed by atoms with E-state index in [4.69, 9.17) is 0 Å². The maximum Gasteiger partial charge on any atom is 0.251 e. The fourth-order valence-electron chi connectivity index (χ4n) is 5.54. The number of benzene rings is 3. The zero-order chi connectivity index (χ0) is 26.5. The summed E-state index contributed by atoms with van der Waals surface area (Å²) in [7, 11) is 0. The molecule has 5 rings (SSSR count). The van der Waals surface area contributed by atoms with Crippen molar-refractivity contribution < 1.29 is 14.4 Å². The molecule has 38 heavy (non-hydrogen) atoms. The van der Waals surface area contributed by atoms with E-state index in [1.807, 2.05) is 48.2 Å². The molecule has 3 aromatic carbocycles. The largest absolute Gasteiger partial charge is 0.352 e. The van der Waals surface area contributed by atoms with Gasteiger partial charge in [0.2, 0.25) is 11.8 Å². The summed E-state index contributed by atoms with van der Waals surface area (Å²) in [5.41, 5.74) is 3.82. The van der Waals surface area contributed by atoms with E-state index >= 15 is 0 Å². The van der Waals surface area contributed by atoms with Crippen LogP contribution in [-0.2, 0) is 29.0 Å². The van der Waals surface area contributed by atoms with E-state index in [0.29, 0.717) is 38.0 Å². The van der Waals surface area contributed by atoms with Crippen molar-refractivity contribution in [3.05, 3.63) is 82.9 Å². The molecule has 7 heteroatoms. The molecule has 2 heterocycles. The van der Waals surface area contributed by atoms with Gasteiger partial charge in [-0.3, -0.25) is 14.4 Å². The van der Waals surface area contributed by atoms with Crippen molar-refractivity contribution in [2.75, 3.05) is 26.2 Å². The Balaban J connectivity index is 1.35. The van der Waals surface area contributed by atoms with E-state index in [0.717, 1.165) is 53.4 Å². The lowest BCUT2D eigenvalue weighted by atomic mass is 9.94. The van der Waals surface area contributed by atoms with Gasteiger partial charge in [0, 0.05) is 37.5 Å². The van der Waals surface area contributed by atoms with Crippen molar-refractivity contribution in [2.24, 2.45) is 5.92 Å². The van der Waals surface area contributed by atoms with Crippen molar-refractivity contribution in [3.8, 4) is 0 Å². The molecule has 1 atom stereocenters. The van der Waals surface area contributed by atoms with E-state index in [2.05, 4.69) is 40.2 Å². The van der Waals surface area contributed by atoms with Crippen LogP contribution < -0.4 is 16.0 Å². The number of carbonyl (C=O) groups is 3. The molecule has 0 spiro atoms. The molecule has 0 bridgehead atoms. The van der Waals surface area contributed by atoms with Crippen LogP contribution in [0.1, 0.15) is 46.8 Å². The smallest absolute Gasteiger partial charge is 0.251 e. The van der Waals surface area contributed by atoms with E-state index in [1.165, 1.54) is 0 Å². The predicted octanol–water partition coefficient (Wildman–Crippen LogP) is 3.20. The first-order valence-electron chi connectivity index (χ1n) is 13.7. The first-order chi connectivity index (χ1) is 18.5. The van der Waals surface area contributed by atoms with Crippen LogP contribution in [0.4, 0.5) is 0 Å². The number of piperidine rings is 1. The van der Waals surface area contributed by atoms with Crippen LogP contribution in [0.3, 0.4) is 0 Å². The highest BCUT2D eigenvalue weighted by atomic mass is 16.2. The summed E-state index contributed by atoms with van der Waals surface area (Å²) >= 11 is 0. The van der Waals surface area contributed by atoms with E-state index in [1.54, 1.807) is 0 Å². The second-order valence-corrected chi connectivity index (χ2v) is 10.3. The first-order valence-corrected chi connectivity index (χ1v) is 13.7. The molecule has 3 aromatic rings. The van der Waals surface area contributed by atoms with Gasteiger partial charge in [0.05, 0.1) is 0 Å². The van der Waals surface area contributed by atoms with Crippen LogP contribution in [-0.4, -0.2) is 54.8 Å². The lowest BCUT2D eigenvalue weighted by Crippen LogP contribution is -2.52. The number of hydrogen-bond acceptors (Lipinski definition) is 4. The Morgan fingerprint density at radius 3 is 2.55 bits per heavy atom. The molecule has 1 fully saturated rings. The van der Waals surface area contributed by atoms with E-state index in [9.17, 15) is 14.4 Å². The third-order valence-electron chi connectivity index (χ3n) is 7.71. The van der Waals surface area contributed by atoms with Crippen molar-refractivity contribution in [1.29, 1.82) is 0 Å². The fraction of sp³-hybridized carbons (Fsp3) is 0.387. The van der Waals surface area contributed by atoms with Crippen molar-refractivity contribution in [1.82, 2.24) is 20.9 Å². The van der Waals surface area contributed by atoms with Gasteiger partial charge in [-0.15, -0.1) is 0 Å². The Labute approximate surface area is 224 Å². The zero-order valence-electron chi connectivity index (χ0n) is 22.0. The highest BCUT2D eigenvalue weighted by molar-refractivity contribution is 5.94. The highest BCUT2D eigenvalue weighted by Gasteiger charge is 2.31. The van der Waals surface area contributed by atoms with Crippen molar-refractivity contribution in [3.63, 3.8) is 0 Å². The van der Waals surface area contributed by atoms with Gasteiger partial charge < -0.3 is 20.9 Å². The van der Waals surface area contributed by atoms with Crippen LogP contribution in [0.15, 0.2) is 60.7 Å². The lowest BCUT2D eigenvalue weighted by Gasteiger charge is -2.33. The van der Waals surface area contributed by atoms with Crippen LogP contribution in [0.2, 0.25) is 0 Å². The SMILES string of the molecule is CCNC(=O)c1ccc2c(c1)CCN(C(=O)[C@@H](Cc1ccc3ccccc3c1)NC(=O)C1CCNCC1)C2. The maximum atomic E-state index is 13.9. The van der Waals surface area contributed by atoms with Gasteiger partial charge in [-0.2, -0.15) is 0 Å². The quantitative estimate of drug-likeness (QED) is 0.454. The average molecular weight is 513 g/mol. The Hall–Kier alpha value is -3.71. The van der Waals surface area contributed by atoms with Gasteiger partial charge in [0.25, 0.3) is 5.91 Å². The molecule has 2 aliphatic rings. The molecular formula is C31H36N4O3. The molecule has 0 aliphatic carbocycles. The van der Waals surface area contributed by atoms with Crippen LogP contribution in [0.25, 0.3) is 10.8 Å². The monoisotopic (exact) mass is 512 g/mol. The molecule has 3 N–H and O–H groups in total. The molecular weight excluding hydrogens is 476 g/mol. The Bertz CT molecular complexity index is 1330. The minimum Gasteiger partial charge on any atom is -0.352 e. The molecule has 0 aromatic heterocycles. The van der Waals surface area contributed by atoms with Crippen LogP contribution >= 0.6 is 0 Å².